The molecule has 2 atom stereocenters. The van der Waals surface area contributed by atoms with Crippen LogP contribution < -0.4 is 10.9 Å². The number of nitrogens with one attached hydrogen (secondary N) is 1. The number of phenols is 1. The minimum atomic E-state index is -4.58. The summed E-state index contributed by atoms with van der Waals surface area (Å²) >= 11 is 0. The molecule has 0 radical (unpaired) electrons. The van der Waals surface area contributed by atoms with Crippen LogP contribution in [-0.4, -0.2) is 50.4 Å². The van der Waals surface area contributed by atoms with E-state index >= 15 is 0 Å². The summed E-state index contributed by atoms with van der Waals surface area (Å²) in [5.41, 5.74) is -1.45. The summed E-state index contributed by atoms with van der Waals surface area (Å²) in [5, 5.41) is 21.1. The Morgan fingerprint density at radius 3 is 2.62 bits per heavy atom. The Morgan fingerprint density at radius 2 is 2.00 bits per heavy atom. The van der Waals surface area contributed by atoms with E-state index in [1.54, 1.807) is 0 Å². The second-order valence-electron chi connectivity index (χ2n) is 7.50. The number of alkyl halides is 3. The number of halogens is 3. The lowest BCUT2D eigenvalue weighted by atomic mass is 9.96. The van der Waals surface area contributed by atoms with Crippen molar-refractivity contribution in [2.75, 3.05) is 25.0 Å². The molecule has 1 fully saturated rings. The van der Waals surface area contributed by atoms with Crippen molar-refractivity contribution >= 4 is 5.82 Å². The van der Waals surface area contributed by atoms with Crippen LogP contribution in [-0.2, 0) is 13.2 Å². The fourth-order valence-electron chi connectivity index (χ4n) is 3.70. The molecule has 158 valence electrons. The Labute approximate surface area is 166 Å². The summed E-state index contributed by atoms with van der Waals surface area (Å²) in [5.74, 6) is -0.0809. The van der Waals surface area contributed by atoms with E-state index in [2.05, 4.69) is 34.3 Å². The zero-order valence-electron chi connectivity index (χ0n) is 16.5. The molecule has 3 rings (SSSR count). The van der Waals surface area contributed by atoms with Gasteiger partial charge in [-0.05, 0) is 37.1 Å². The fourth-order valence-corrected chi connectivity index (χ4v) is 3.70. The van der Waals surface area contributed by atoms with E-state index in [9.17, 15) is 23.1 Å². The predicted octanol–water partition coefficient (Wildman–Crippen LogP) is 2.71. The Hall–Kier alpha value is -2.62. The molecule has 0 spiro atoms. The van der Waals surface area contributed by atoms with Crippen LogP contribution in [0.4, 0.5) is 19.0 Å². The first-order valence-electron chi connectivity index (χ1n) is 9.43. The van der Waals surface area contributed by atoms with Crippen LogP contribution in [0.1, 0.15) is 25.8 Å². The lowest BCUT2D eigenvalue weighted by Crippen LogP contribution is -2.46. The van der Waals surface area contributed by atoms with Gasteiger partial charge in [-0.25, -0.2) is 0 Å². The Balaban J connectivity index is 1.88. The number of likely N-dealkylation sites (tertiary alicyclic amines) is 1. The predicted molar refractivity (Wildman–Crippen MR) is 103 cm³/mol. The van der Waals surface area contributed by atoms with Crippen molar-refractivity contribution in [2.45, 2.75) is 32.5 Å². The third-order valence-electron chi connectivity index (χ3n) is 5.16. The maximum atomic E-state index is 12.8. The average molecular weight is 411 g/mol. The zero-order chi connectivity index (χ0) is 21.3. The maximum absolute atomic E-state index is 12.8. The Morgan fingerprint density at radius 1 is 1.28 bits per heavy atom. The number of rotatable bonds is 4. The van der Waals surface area contributed by atoms with Gasteiger partial charge in [0.15, 0.2) is 5.82 Å². The van der Waals surface area contributed by atoms with Crippen LogP contribution in [0.25, 0.3) is 11.4 Å². The van der Waals surface area contributed by atoms with Gasteiger partial charge in [0, 0.05) is 26.2 Å². The lowest BCUT2D eigenvalue weighted by Gasteiger charge is -2.36. The summed E-state index contributed by atoms with van der Waals surface area (Å²) in [7, 11) is 1.44. The molecule has 1 aliphatic rings. The highest BCUT2D eigenvalue weighted by Gasteiger charge is 2.31. The zero-order valence-corrected chi connectivity index (χ0v) is 16.5. The van der Waals surface area contributed by atoms with Gasteiger partial charge in [-0.2, -0.15) is 13.2 Å². The van der Waals surface area contributed by atoms with Gasteiger partial charge in [-0.1, -0.05) is 13.8 Å². The Bertz CT molecular complexity index is 944. The monoisotopic (exact) mass is 411 g/mol. The molecule has 0 saturated carbocycles. The second kappa shape index (κ2) is 8.02. The highest BCUT2D eigenvalue weighted by molar-refractivity contribution is 5.65. The summed E-state index contributed by atoms with van der Waals surface area (Å²) < 4.78 is 39.6. The topological polar surface area (TPSA) is 83.3 Å². The van der Waals surface area contributed by atoms with Gasteiger partial charge in [-0.3, -0.25) is 9.36 Å². The normalized spacial score (nSPS) is 20.6. The molecule has 7 nitrogen and oxygen atoms in total. The van der Waals surface area contributed by atoms with Crippen LogP contribution in [0, 0.1) is 5.92 Å². The highest BCUT2D eigenvalue weighted by atomic mass is 19.4. The summed E-state index contributed by atoms with van der Waals surface area (Å²) in [6, 6.07) is 2.56. The number of nitrogens with zero attached hydrogens (tertiary/aromatic N) is 4. The van der Waals surface area contributed by atoms with E-state index in [4.69, 9.17) is 0 Å². The number of benzene rings is 1. The van der Waals surface area contributed by atoms with E-state index in [0.29, 0.717) is 12.0 Å². The molecular weight excluding hydrogens is 387 g/mol. The van der Waals surface area contributed by atoms with Crippen molar-refractivity contribution in [3.63, 3.8) is 0 Å². The average Bonchev–Trinajstić information content (AvgIpc) is 2.65. The van der Waals surface area contributed by atoms with Crippen molar-refractivity contribution in [1.29, 1.82) is 0 Å². The van der Waals surface area contributed by atoms with Crippen molar-refractivity contribution in [3.05, 3.63) is 34.1 Å². The SMILES string of the molecule is CCN1C[C@@H](C)C[C@@H](Nc2nnc(-c3ccc(C(F)(F)F)cc3O)n(C)c2=O)C1. The van der Waals surface area contributed by atoms with Gasteiger partial charge in [0.05, 0.1) is 11.1 Å². The Kier molecular flexibility index (Phi) is 5.83. The van der Waals surface area contributed by atoms with E-state index in [-0.39, 0.29) is 23.2 Å². The molecule has 0 bridgehead atoms. The van der Waals surface area contributed by atoms with E-state index in [0.717, 1.165) is 38.2 Å². The molecule has 1 aliphatic heterocycles. The van der Waals surface area contributed by atoms with Crippen LogP contribution >= 0.6 is 0 Å². The summed E-state index contributed by atoms with van der Waals surface area (Å²) in [4.78, 5) is 15.0. The lowest BCUT2D eigenvalue weighted by molar-refractivity contribution is -0.137. The second-order valence-corrected chi connectivity index (χ2v) is 7.50. The largest absolute Gasteiger partial charge is 0.507 e. The van der Waals surface area contributed by atoms with Crippen LogP contribution in [0.15, 0.2) is 23.0 Å². The van der Waals surface area contributed by atoms with Crippen molar-refractivity contribution < 1.29 is 18.3 Å². The number of phenolic OH excluding ortho intramolecular Hbond substituents is 1. The number of aromatic hydroxyl groups is 1. The molecular formula is C19H24F3N5O2. The number of hydrogen-bond acceptors (Lipinski definition) is 6. The number of aromatic nitrogens is 3. The van der Waals surface area contributed by atoms with Crippen molar-refractivity contribution in [1.82, 2.24) is 19.7 Å². The van der Waals surface area contributed by atoms with Gasteiger partial charge in [0.25, 0.3) is 5.56 Å². The minimum Gasteiger partial charge on any atom is -0.507 e. The van der Waals surface area contributed by atoms with E-state index < -0.39 is 23.0 Å². The molecule has 29 heavy (non-hydrogen) atoms. The quantitative estimate of drug-likeness (QED) is 0.805. The summed E-state index contributed by atoms with van der Waals surface area (Å²) in [6.45, 7) is 6.94. The first kappa shape index (κ1) is 21.1. The van der Waals surface area contributed by atoms with Gasteiger partial charge >= 0.3 is 6.18 Å². The van der Waals surface area contributed by atoms with Gasteiger partial charge in [-0.15, -0.1) is 10.2 Å². The number of piperidine rings is 1. The molecule has 2 N–H and O–H groups in total. The molecule has 2 heterocycles. The molecule has 0 amide bonds. The molecule has 1 saturated heterocycles. The smallest absolute Gasteiger partial charge is 0.416 e. The highest BCUT2D eigenvalue weighted by Crippen LogP contribution is 2.35. The standard InChI is InChI=1S/C19H24F3N5O2/c1-4-27-9-11(2)7-13(10-27)23-16-18(29)26(3)17(25-24-16)14-6-5-12(8-15(14)28)19(20,21)22/h5-6,8,11,13,28H,4,7,9-10H2,1-3H3,(H,23,24)/t11-,13+/m0/s1. The maximum Gasteiger partial charge on any atom is 0.416 e. The van der Waals surface area contributed by atoms with Crippen LogP contribution in [0.5, 0.6) is 5.75 Å². The number of anilines is 1. The van der Waals surface area contributed by atoms with Crippen LogP contribution in [0.3, 0.4) is 0 Å². The van der Waals surface area contributed by atoms with Crippen LogP contribution in [0.2, 0.25) is 0 Å². The van der Waals surface area contributed by atoms with Crippen molar-refractivity contribution in [2.24, 2.45) is 13.0 Å². The minimum absolute atomic E-state index is 0.0000896. The van der Waals surface area contributed by atoms with E-state index in [1.807, 2.05) is 0 Å². The molecule has 1 aromatic heterocycles. The third kappa shape index (κ3) is 4.52. The molecule has 1 aromatic carbocycles. The first-order chi connectivity index (χ1) is 13.6. The first-order valence-corrected chi connectivity index (χ1v) is 9.43. The molecule has 10 heteroatoms. The van der Waals surface area contributed by atoms with Gasteiger partial charge < -0.3 is 15.3 Å². The van der Waals surface area contributed by atoms with Gasteiger partial charge in [0.1, 0.15) is 5.75 Å². The number of hydrogen-bond donors (Lipinski definition) is 2. The molecule has 0 aliphatic carbocycles. The number of likely N-dealkylation sites (N-methyl/N-ethyl adjacent to an activating group) is 1. The van der Waals surface area contributed by atoms with E-state index in [1.165, 1.54) is 11.6 Å². The third-order valence-corrected chi connectivity index (χ3v) is 5.16. The fraction of sp³-hybridized carbons (Fsp3) is 0.526. The molecule has 0 unspecified atom stereocenters. The summed E-state index contributed by atoms with van der Waals surface area (Å²) in [6.07, 6.45) is -3.69. The van der Waals surface area contributed by atoms with Gasteiger partial charge in [0.2, 0.25) is 5.82 Å². The van der Waals surface area contributed by atoms with Crippen molar-refractivity contribution in [3.8, 4) is 17.1 Å². The molecule has 2 aromatic rings.